The lowest BCUT2D eigenvalue weighted by molar-refractivity contribution is 0.860. The van der Waals surface area contributed by atoms with Crippen LogP contribution in [-0.4, -0.2) is 29.0 Å². The highest BCUT2D eigenvalue weighted by Gasteiger charge is 2.02. The van der Waals surface area contributed by atoms with E-state index in [-0.39, 0.29) is 0 Å². The number of nitrogens with zero attached hydrogens (tertiary/aromatic N) is 2. The molecule has 2 aromatic heterocycles. The van der Waals surface area contributed by atoms with Gasteiger partial charge in [0.05, 0.1) is 5.52 Å². The molecule has 0 aliphatic rings. The number of nitrogens with one attached hydrogen (secondary N) is 2. The molecular formula is C15H29BrN4. The molecule has 0 bridgehead atoms. The molecule has 0 aliphatic carbocycles. The van der Waals surface area contributed by atoms with E-state index in [1.165, 1.54) is 0 Å². The van der Waals surface area contributed by atoms with Gasteiger partial charge in [-0.1, -0.05) is 34.6 Å². The SMILES string of the molecule is CC.CC.CCCc1nc2ncc(Br)cc2[nH]1.CNC. The van der Waals surface area contributed by atoms with Crippen LogP contribution < -0.4 is 5.32 Å². The van der Waals surface area contributed by atoms with Gasteiger partial charge in [-0.2, -0.15) is 0 Å². The van der Waals surface area contributed by atoms with Crippen molar-refractivity contribution < 1.29 is 0 Å². The third kappa shape index (κ3) is 8.27. The molecule has 116 valence electrons. The lowest BCUT2D eigenvalue weighted by Gasteiger charge is -1.87. The Balaban J connectivity index is 0. The first kappa shape index (κ1) is 21.4. The third-order valence-corrected chi connectivity index (χ3v) is 2.27. The highest BCUT2D eigenvalue weighted by atomic mass is 79.9. The summed E-state index contributed by atoms with van der Waals surface area (Å²) in [6, 6.07) is 1.99. The molecule has 4 nitrogen and oxygen atoms in total. The van der Waals surface area contributed by atoms with Crippen LogP contribution in [0, 0.1) is 0 Å². The van der Waals surface area contributed by atoms with E-state index in [0.29, 0.717) is 0 Å². The van der Waals surface area contributed by atoms with E-state index < -0.39 is 0 Å². The second-order valence-electron chi connectivity index (χ2n) is 3.46. The van der Waals surface area contributed by atoms with Crippen molar-refractivity contribution in [1.29, 1.82) is 0 Å². The van der Waals surface area contributed by atoms with Crippen molar-refractivity contribution >= 4 is 27.1 Å². The fourth-order valence-electron chi connectivity index (χ4n) is 1.28. The maximum atomic E-state index is 4.36. The average molecular weight is 345 g/mol. The monoisotopic (exact) mass is 344 g/mol. The van der Waals surface area contributed by atoms with Crippen LogP contribution in [0.15, 0.2) is 16.7 Å². The Hall–Kier alpha value is -0.940. The fraction of sp³-hybridized carbons (Fsp3) is 0.600. The van der Waals surface area contributed by atoms with Crippen molar-refractivity contribution in [3.63, 3.8) is 0 Å². The van der Waals surface area contributed by atoms with Crippen LogP contribution in [0.1, 0.15) is 46.9 Å². The zero-order valence-corrected chi connectivity index (χ0v) is 15.4. The predicted molar refractivity (Wildman–Crippen MR) is 93.3 cm³/mol. The van der Waals surface area contributed by atoms with Crippen molar-refractivity contribution in [2.75, 3.05) is 14.1 Å². The van der Waals surface area contributed by atoms with Gasteiger partial charge in [0.2, 0.25) is 0 Å². The molecule has 0 saturated carbocycles. The average Bonchev–Trinajstić information content (AvgIpc) is 2.86. The second kappa shape index (κ2) is 14.5. The maximum Gasteiger partial charge on any atom is 0.177 e. The van der Waals surface area contributed by atoms with E-state index in [0.717, 1.165) is 34.3 Å². The smallest absolute Gasteiger partial charge is 0.177 e. The quantitative estimate of drug-likeness (QED) is 0.839. The molecule has 0 aromatic carbocycles. The molecule has 0 aliphatic heterocycles. The van der Waals surface area contributed by atoms with E-state index in [1.807, 2.05) is 47.9 Å². The molecule has 2 N–H and O–H groups in total. The van der Waals surface area contributed by atoms with Crippen LogP contribution in [0.3, 0.4) is 0 Å². The van der Waals surface area contributed by atoms with E-state index in [2.05, 4.69) is 43.1 Å². The first-order valence-corrected chi connectivity index (χ1v) is 8.09. The van der Waals surface area contributed by atoms with Crippen molar-refractivity contribution in [3.05, 3.63) is 22.6 Å². The Kier molecular flexibility index (Phi) is 15.5. The lowest BCUT2D eigenvalue weighted by atomic mass is 10.3. The Morgan fingerprint density at radius 3 is 2.25 bits per heavy atom. The topological polar surface area (TPSA) is 53.6 Å². The molecule has 0 fully saturated rings. The van der Waals surface area contributed by atoms with Crippen LogP contribution in [-0.2, 0) is 6.42 Å². The number of halogens is 1. The summed E-state index contributed by atoms with van der Waals surface area (Å²) in [5.74, 6) is 1.02. The lowest BCUT2D eigenvalue weighted by Crippen LogP contribution is -1.89. The standard InChI is InChI=1S/C9H10BrN3.C2H7N.2C2H6/c1-2-3-8-12-7-4-6(10)5-11-9(7)13-8;1-3-2;2*1-2/h4-5H,2-3H2,1H3,(H,11,12,13);3H,1-2H3;2*1-2H3. The highest BCUT2D eigenvalue weighted by molar-refractivity contribution is 9.10. The highest BCUT2D eigenvalue weighted by Crippen LogP contribution is 2.15. The Morgan fingerprint density at radius 2 is 1.75 bits per heavy atom. The summed E-state index contributed by atoms with van der Waals surface area (Å²) in [5.41, 5.74) is 1.80. The predicted octanol–water partition coefficient (Wildman–Crippen LogP) is 4.56. The number of rotatable bonds is 2. The van der Waals surface area contributed by atoms with Gasteiger partial charge in [0.15, 0.2) is 5.65 Å². The number of hydrogen-bond acceptors (Lipinski definition) is 3. The number of aromatic nitrogens is 3. The molecule has 0 radical (unpaired) electrons. The molecule has 2 aromatic rings. The molecular weight excluding hydrogens is 316 g/mol. The Bertz CT molecular complexity index is 440. The third-order valence-electron chi connectivity index (χ3n) is 1.84. The van der Waals surface area contributed by atoms with Crippen molar-refractivity contribution in [2.24, 2.45) is 0 Å². The summed E-state index contributed by atoms with van der Waals surface area (Å²) in [6.07, 6.45) is 3.84. The number of hydrogen-bond donors (Lipinski definition) is 2. The zero-order chi connectivity index (χ0) is 16.0. The Labute approximate surface area is 131 Å². The van der Waals surface area contributed by atoms with Gasteiger partial charge in [0, 0.05) is 17.1 Å². The molecule has 2 rings (SSSR count). The van der Waals surface area contributed by atoms with E-state index in [4.69, 9.17) is 0 Å². The van der Waals surface area contributed by atoms with Crippen LogP contribution in [0.5, 0.6) is 0 Å². The van der Waals surface area contributed by atoms with Gasteiger partial charge in [-0.3, -0.25) is 0 Å². The molecule has 20 heavy (non-hydrogen) atoms. The van der Waals surface area contributed by atoms with Crippen LogP contribution in [0.4, 0.5) is 0 Å². The number of aromatic amines is 1. The minimum Gasteiger partial charge on any atom is -0.341 e. The van der Waals surface area contributed by atoms with E-state index in [9.17, 15) is 0 Å². The number of pyridine rings is 1. The van der Waals surface area contributed by atoms with Gasteiger partial charge < -0.3 is 10.3 Å². The van der Waals surface area contributed by atoms with E-state index >= 15 is 0 Å². The van der Waals surface area contributed by atoms with Crippen molar-refractivity contribution in [1.82, 2.24) is 20.3 Å². The molecule has 2 heterocycles. The summed E-state index contributed by atoms with van der Waals surface area (Å²) in [6.45, 7) is 10.1. The minimum absolute atomic E-state index is 0.798. The summed E-state index contributed by atoms with van der Waals surface area (Å²) < 4.78 is 0.978. The van der Waals surface area contributed by atoms with Crippen molar-refractivity contribution in [3.8, 4) is 0 Å². The number of aryl methyl sites for hydroxylation is 1. The minimum atomic E-state index is 0.798. The first-order valence-electron chi connectivity index (χ1n) is 7.29. The zero-order valence-electron chi connectivity index (χ0n) is 13.8. The molecule has 5 heteroatoms. The summed E-state index contributed by atoms with van der Waals surface area (Å²) in [7, 11) is 3.75. The molecule has 0 amide bonds. The van der Waals surface area contributed by atoms with E-state index in [1.54, 1.807) is 6.20 Å². The van der Waals surface area contributed by atoms with Gasteiger partial charge in [-0.25, -0.2) is 9.97 Å². The number of fused-ring (bicyclic) bond motifs is 1. The van der Waals surface area contributed by atoms with Gasteiger partial charge >= 0.3 is 0 Å². The van der Waals surface area contributed by atoms with Gasteiger partial charge in [-0.05, 0) is 42.5 Å². The first-order chi connectivity index (χ1) is 9.71. The van der Waals surface area contributed by atoms with Crippen molar-refractivity contribution in [2.45, 2.75) is 47.5 Å². The maximum absolute atomic E-state index is 4.36. The van der Waals surface area contributed by atoms with Gasteiger partial charge in [0.1, 0.15) is 5.82 Å². The summed E-state index contributed by atoms with van der Waals surface area (Å²) in [5, 5.41) is 2.75. The molecule has 0 saturated heterocycles. The van der Waals surface area contributed by atoms with Crippen LogP contribution >= 0.6 is 15.9 Å². The fourth-order valence-corrected chi connectivity index (χ4v) is 1.61. The van der Waals surface area contributed by atoms with Gasteiger partial charge in [-0.15, -0.1) is 0 Å². The number of imidazole rings is 1. The number of H-pyrrole nitrogens is 1. The van der Waals surface area contributed by atoms with Crippen LogP contribution in [0.25, 0.3) is 11.2 Å². The summed E-state index contributed by atoms with van der Waals surface area (Å²) >= 11 is 3.37. The molecule has 0 spiro atoms. The Morgan fingerprint density at radius 1 is 1.20 bits per heavy atom. The summed E-state index contributed by atoms with van der Waals surface area (Å²) in [4.78, 5) is 11.8. The molecule has 0 unspecified atom stereocenters. The van der Waals surface area contributed by atoms with Gasteiger partial charge in [0.25, 0.3) is 0 Å². The largest absolute Gasteiger partial charge is 0.341 e. The molecule has 0 atom stereocenters. The normalized spacial score (nSPS) is 8.60. The van der Waals surface area contributed by atoms with Crippen LogP contribution in [0.2, 0.25) is 0 Å². The second-order valence-corrected chi connectivity index (χ2v) is 4.37.